The van der Waals surface area contributed by atoms with E-state index in [2.05, 4.69) is 33.5 Å². The van der Waals surface area contributed by atoms with E-state index in [4.69, 9.17) is 11.6 Å². The van der Waals surface area contributed by atoms with Gasteiger partial charge < -0.3 is 0 Å². The van der Waals surface area contributed by atoms with Crippen LogP contribution in [0.4, 0.5) is 0 Å². The van der Waals surface area contributed by atoms with E-state index < -0.39 is 0 Å². The Morgan fingerprint density at radius 3 is 2.84 bits per heavy atom. The van der Waals surface area contributed by atoms with Gasteiger partial charge in [0.05, 0.1) is 11.2 Å². The Balaban J connectivity index is 2.28. The average molecular weight is 274 g/mol. The third-order valence-electron chi connectivity index (χ3n) is 3.22. The molecular formula is C13H12ClN5. The Kier molecular flexibility index (Phi) is 2.91. The molecule has 0 radical (unpaired) electrons. The zero-order valence-corrected chi connectivity index (χ0v) is 11.4. The number of fused-ring (bicyclic) bond motifs is 1. The maximum atomic E-state index is 6.19. The minimum absolute atomic E-state index is 0.562. The summed E-state index contributed by atoms with van der Waals surface area (Å²) in [6, 6.07) is 6.09. The Labute approximate surface area is 115 Å². The first-order valence-corrected chi connectivity index (χ1v) is 6.40. The second kappa shape index (κ2) is 4.59. The van der Waals surface area contributed by atoms with Crippen molar-refractivity contribution in [3.05, 3.63) is 40.8 Å². The molecule has 0 aliphatic rings. The molecule has 1 aromatic carbocycles. The summed E-state index contributed by atoms with van der Waals surface area (Å²) in [4.78, 5) is 4.50. The van der Waals surface area contributed by atoms with Crippen LogP contribution in [0.15, 0.2) is 24.5 Å². The van der Waals surface area contributed by atoms with Crippen LogP contribution in [-0.2, 0) is 6.42 Å². The summed E-state index contributed by atoms with van der Waals surface area (Å²) in [5.74, 6) is 0. The molecule has 3 rings (SSSR count). The lowest BCUT2D eigenvalue weighted by Gasteiger charge is -2.10. The van der Waals surface area contributed by atoms with Crippen molar-refractivity contribution in [3.8, 4) is 5.69 Å². The third kappa shape index (κ3) is 1.96. The van der Waals surface area contributed by atoms with Crippen molar-refractivity contribution in [1.82, 2.24) is 25.2 Å². The van der Waals surface area contributed by atoms with Crippen LogP contribution in [0.25, 0.3) is 16.6 Å². The fraction of sp³-hybridized carbons (Fsp3) is 0.231. The molecule has 0 spiro atoms. The highest BCUT2D eigenvalue weighted by atomic mass is 35.5. The number of hydrogen-bond donors (Lipinski definition) is 0. The Morgan fingerprint density at radius 2 is 2.16 bits per heavy atom. The fourth-order valence-electron chi connectivity index (χ4n) is 2.16. The van der Waals surface area contributed by atoms with E-state index in [1.54, 1.807) is 11.0 Å². The van der Waals surface area contributed by atoms with Crippen molar-refractivity contribution in [2.24, 2.45) is 0 Å². The highest BCUT2D eigenvalue weighted by Gasteiger charge is 2.10. The summed E-state index contributed by atoms with van der Waals surface area (Å²) in [7, 11) is 0. The van der Waals surface area contributed by atoms with Crippen molar-refractivity contribution in [3.63, 3.8) is 0 Å². The zero-order valence-electron chi connectivity index (χ0n) is 10.6. The van der Waals surface area contributed by atoms with Crippen LogP contribution < -0.4 is 0 Å². The summed E-state index contributed by atoms with van der Waals surface area (Å²) in [6.07, 6.45) is 2.44. The van der Waals surface area contributed by atoms with E-state index in [0.29, 0.717) is 5.15 Å². The molecule has 5 nitrogen and oxygen atoms in total. The van der Waals surface area contributed by atoms with Gasteiger partial charge in [0, 0.05) is 10.9 Å². The van der Waals surface area contributed by atoms with Crippen molar-refractivity contribution < 1.29 is 0 Å². The van der Waals surface area contributed by atoms with E-state index in [9.17, 15) is 0 Å². The molecule has 0 saturated heterocycles. The van der Waals surface area contributed by atoms with Crippen LogP contribution in [0.2, 0.25) is 5.15 Å². The summed E-state index contributed by atoms with van der Waals surface area (Å²) in [5.41, 5.74) is 3.86. The highest BCUT2D eigenvalue weighted by molar-refractivity contribution is 6.30. The molecule has 0 fully saturated rings. The molecule has 96 valence electrons. The van der Waals surface area contributed by atoms with Crippen LogP contribution in [0.3, 0.4) is 0 Å². The number of rotatable bonds is 2. The lowest BCUT2D eigenvalue weighted by molar-refractivity contribution is 0.786. The second-order valence-corrected chi connectivity index (χ2v) is 4.69. The van der Waals surface area contributed by atoms with Gasteiger partial charge in [-0.25, -0.2) is 9.67 Å². The molecule has 3 aromatic rings. The zero-order chi connectivity index (χ0) is 13.4. The molecular weight excluding hydrogens is 262 g/mol. The molecule has 6 heteroatoms. The number of nitrogens with zero attached hydrogens (tertiary/aromatic N) is 5. The maximum absolute atomic E-state index is 6.19. The normalized spacial score (nSPS) is 11.1. The van der Waals surface area contributed by atoms with Crippen molar-refractivity contribution in [1.29, 1.82) is 0 Å². The van der Waals surface area contributed by atoms with Gasteiger partial charge >= 0.3 is 0 Å². The van der Waals surface area contributed by atoms with Gasteiger partial charge in [-0.1, -0.05) is 24.6 Å². The molecule has 0 atom stereocenters. The molecule has 0 saturated carbocycles. The number of pyridine rings is 1. The number of tetrazole rings is 1. The topological polar surface area (TPSA) is 56.5 Å². The van der Waals surface area contributed by atoms with Crippen molar-refractivity contribution >= 4 is 22.5 Å². The summed E-state index contributed by atoms with van der Waals surface area (Å²) < 4.78 is 1.62. The van der Waals surface area contributed by atoms with Crippen molar-refractivity contribution in [2.75, 3.05) is 0 Å². The molecule has 2 heterocycles. The first kappa shape index (κ1) is 12.0. The van der Waals surface area contributed by atoms with E-state index in [0.717, 1.165) is 34.1 Å². The number of aromatic nitrogens is 5. The third-order valence-corrected chi connectivity index (χ3v) is 3.54. The number of hydrogen-bond acceptors (Lipinski definition) is 4. The van der Waals surface area contributed by atoms with E-state index in [-0.39, 0.29) is 0 Å². The summed E-state index contributed by atoms with van der Waals surface area (Å²) in [6.45, 7) is 4.06. The van der Waals surface area contributed by atoms with Gasteiger partial charge in [0.1, 0.15) is 11.5 Å². The molecule has 2 aromatic heterocycles. The maximum Gasteiger partial charge on any atom is 0.143 e. The second-order valence-electron chi connectivity index (χ2n) is 4.33. The van der Waals surface area contributed by atoms with Gasteiger partial charge in [-0.05, 0) is 41.5 Å². The Hall–Kier alpha value is -2.01. The lowest BCUT2D eigenvalue weighted by Crippen LogP contribution is -2.00. The van der Waals surface area contributed by atoms with E-state index >= 15 is 0 Å². The van der Waals surface area contributed by atoms with Crippen LogP contribution in [-0.4, -0.2) is 25.2 Å². The van der Waals surface area contributed by atoms with Crippen LogP contribution in [0.5, 0.6) is 0 Å². The van der Waals surface area contributed by atoms with Gasteiger partial charge in [-0.3, -0.25) is 0 Å². The van der Waals surface area contributed by atoms with Gasteiger partial charge in [0.15, 0.2) is 0 Å². The quantitative estimate of drug-likeness (QED) is 0.674. The largest absolute Gasteiger partial charge is 0.235 e. The average Bonchev–Trinajstić information content (AvgIpc) is 2.93. The predicted molar refractivity (Wildman–Crippen MR) is 73.6 cm³/mol. The van der Waals surface area contributed by atoms with Gasteiger partial charge in [0.2, 0.25) is 0 Å². The molecule has 0 amide bonds. The Morgan fingerprint density at radius 1 is 1.32 bits per heavy atom. The van der Waals surface area contributed by atoms with E-state index in [1.165, 1.54) is 0 Å². The number of halogens is 1. The molecule has 19 heavy (non-hydrogen) atoms. The minimum atomic E-state index is 0.562. The van der Waals surface area contributed by atoms with Gasteiger partial charge in [0.25, 0.3) is 0 Å². The van der Waals surface area contributed by atoms with Crippen LogP contribution >= 0.6 is 11.6 Å². The predicted octanol–water partition coefficient (Wildman–Crippen LogP) is 2.73. The minimum Gasteiger partial charge on any atom is -0.235 e. The Bertz CT molecular complexity index is 736. The fourth-order valence-corrected chi connectivity index (χ4v) is 2.43. The molecule has 0 unspecified atom stereocenters. The highest BCUT2D eigenvalue weighted by Crippen LogP contribution is 2.26. The van der Waals surface area contributed by atoms with Gasteiger partial charge in [-0.2, -0.15) is 0 Å². The lowest BCUT2D eigenvalue weighted by atomic mass is 10.1. The molecule has 0 aliphatic heterocycles. The molecule has 0 bridgehead atoms. The van der Waals surface area contributed by atoms with Crippen molar-refractivity contribution in [2.45, 2.75) is 20.3 Å². The van der Waals surface area contributed by atoms with Crippen LogP contribution in [0.1, 0.15) is 18.1 Å². The molecule has 0 N–H and O–H groups in total. The molecule has 0 aliphatic carbocycles. The van der Waals surface area contributed by atoms with Crippen LogP contribution in [0, 0.1) is 6.92 Å². The first-order chi connectivity index (χ1) is 9.20. The first-order valence-electron chi connectivity index (χ1n) is 6.02. The van der Waals surface area contributed by atoms with E-state index in [1.807, 2.05) is 19.1 Å². The number of benzene rings is 1. The van der Waals surface area contributed by atoms with Gasteiger partial charge in [-0.15, -0.1) is 5.10 Å². The summed E-state index contributed by atoms with van der Waals surface area (Å²) in [5, 5.41) is 12.8. The SMILES string of the molecule is CCc1cc2ccc(-n3cnnn3)c(C)c2nc1Cl. The smallest absolute Gasteiger partial charge is 0.143 e. The summed E-state index contributed by atoms with van der Waals surface area (Å²) >= 11 is 6.19. The monoisotopic (exact) mass is 273 g/mol. The standard InChI is InChI=1S/C13H12ClN5/c1-3-9-6-10-4-5-11(19-7-15-17-18-19)8(2)12(10)16-13(9)14/h4-7H,3H2,1-2H3. The number of aryl methyl sites for hydroxylation is 2.